The average molecular weight is 227 g/mol. The Bertz CT molecular complexity index is 294. The zero-order valence-electron chi connectivity index (χ0n) is 9.02. The van der Waals surface area contributed by atoms with E-state index >= 15 is 0 Å². The first kappa shape index (κ1) is 10.9. The molecule has 0 aliphatic carbocycles. The molecule has 1 atom stereocenters. The van der Waals surface area contributed by atoms with E-state index in [0.717, 1.165) is 10.9 Å². The molecule has 15 heavy (non-hydrogen) atoms. The number of aromatic nitrogens is 4. The number of piperidine rings is 1. The third kappa shape index (κ3) is 3.17. The van der Waals surface area contributed by atoms with E-state index in [4.69, 9.17) is 0 Å². The van der Waals surface area contributed by atoms with Gasteiger partial charge in [0.25, 0.3) is 0 Å². The second kappa shape index (κ2) is 5.46. The van der Waals surface area contributed by atoms with Crippen LogP contribution in [-0.4, -0.2) is 38.5 Å². The SMILES string of the molecule is Cn1nnnc1SCC[C@@H]1CCCCN1. The van der Waals surface area contributed by atoms with Crippen LogP contribution in [0.2, 0.25) is 0 Å². The first-order valence-electron chi connectivity index (χ1n) is 5.45. The van der Waals surface area contributed by atoms with Crippen LogP contribution in [0.4, 0.5) is 0 Å². The van der Waals surface area contributed by atoms with Gasteiger partial charge in [0, 0.05) is 18.8 Å². The molecule has 1 fully saturated rings. The van der Waals surface area contributed by atoms with Crippen molar-refractivity contribution in [3.05, 3.63) is 0 Å². The summed E-state index contributed by atoms with van der Waals surface area (Å²) in [6.07, 6.45) is 5.22. The van der Waals surface area contributed by atoms with E-state index in [2.05, 4.69) is 20.8 Å². The summed E-state index contributed by atoms with van der Waals surface area (Å²) >= 11 is 1.73. The van der Waals surface area contributed by atoms with Crippen molar-refractivity contribution in [3.63, 3.8) is 0 Å². The van der Waals surface area contributed by atoms with E-state index in [1.165, 1.54) is 32.2 Å². The van der Waals surface area contributed by atoms with Crippen molar-refractivity contribution >= 4 is 11.8 Å². The molecule has 84 valence electrons. The molecular weight excluding hydrogens is 210 g/mol. The van der Waals surface area contributed by atoms with Crippen LogP contribution in [0.5, 0.6) is 0 Å². The number of thioether (sulfide) groups is 1. The smallest absolute Gasteiger partial charge is 0.209 e. The number of hydrogen-bond acceptors (Lipinski definition) is 5. The molecule has 1 aliphatic rings. The monoisotopic (exact) mass is 227 g/mol. The standard InChI is InChI=1S/C9H17N5S/c1-14-9(11-12-13-14)15-7-5-8-4-2-3-6-10-8/h8,10H,2-7H2,1H3/t8-/m0/s1. The van der Waals surface area contributed by atoms with Gasteiger partial charge in [-0.05, 0) is 36.2 Å². The number of nitrogens with zero attached hydrogens (tertiary/aromatic N) is 4. The van der Waals surface area contributed by atoms with Crippen molar-refractivity contribution in [2.45, 2.75) is 36.9 Å². The molecule has 0 amide bonds. The molecule has 2 rings (SSSR count). The number of nitrogens with one attached hydrogen (secondary N) is 1. The van der Waals surface area contributed by atoms with Gasteiger partial charge in [0.05, 0.1) is 0 Å². The largest absolute Gasteiger partial charge is 0.314 e. The maximum absolute atomic E-state index is 3.94. The highest BCUT2D eigenvalue weighted by molar-refractivity contribution is 7.99. The van der Waals surface area contributed by atoms with E-state index < -0.39 is 0 Å². The molecule has 0 aromatic carbocycles. The van der Waals surface area contributed by atoms with Gasteiger partial charge < -0.3 is 5.32 Å². The lowest BCUT2D eigenvalue weighted by molar-refractivity contribution is 0.394. The molecule has 1 saturated heterocycles. The summed E-state index contributed by atoms with van der Waals surface area (Å²) in [5.41, 5.74) is 0. The third-order valence-electron chi connectivity index (χ3n) is 2.69. The Morgan fingerprint density at radius 3 is 3.13 bits per heavy atom. The minimum atomic E-state index is 0.701. The highest BCUT2D eigenvalue weighted by Gasteiger charge is 2.12. The molecule has 1 aromatic heterocycles. The fraction of sp³-hybridized carbons (Fsp3) is 0.889. The predicted octanol–water partition coefficient (Wildman–Crippen LogP) is 0.834. The maximum atomic E-state index is 3.94. The lowest BCUT2D eigenvalue weighted by Crippen LogP contribution is -2.34. The molecule has 1 aliphatic heterocycles. The number of rotatable bonds is 4. The van der Waals surface area contributed by atoms with Crippen LogP contribution in [0.3, 0.4) is 0 Å². The Labute approximate surface area is 94.0 Å². The van der Waals surface area contributed by atoms with E-state index in [-0.39, 0.29) is 0 Å². The van der Waals surface area contributed by atoms with Gasteiger partial charge in [-0.2, -0.15) is 0 Å². The number of aryl methyl sites for hydroxylation is 1. The van der Waals surface area contributed by atoms with Gasteiger partial charge in [-0.15, -0.1) is 5.10 Å². The predicted molar refractivity (Wildman–Crippen MR) is 59.8 cm³/mol. The van der Waals surface area contributed by atoms with Crippen molar-refractivity contribution in [1.82, 2.24) is 25.5 Å². The van der Waals surface area contributed by atoms with Crippen LogP contribution in [0.15, 0.2) is 5.16 Å². The zero-order valence-corrected chi connectivity index (χ0v) is 9.83. The van der Waals surface area contributed by atoms with E-state index in [0.29, 0.717) is 6.04 Å². The third-order valence-corrected chi connectivity index (χ3v) is 3.74. The molecule has 1 N–H and O–H groups in total. The second-order valence-electron chi connectivity index (χ2n) is 3.87. The van der Waals surface area contributed by atoms with Crippen LogP contribution in [0.25, 0.3) is 0 Å². The summed E-state index contributed by atoms with van der Waals surface area (Å²) in [5, 5.41) is 15.8. The van der Waals surface area contributed by atoms with Crippen molar-refractivity contribution in [2.75, 3.05) is 12.3 Å². The Hall–Kier alpha value is -0.620. The molecule has 6 heteroatoms. The maximum Gasteiger partial charge on any atom is 0.209 e. The van der Waals surface area contributed by atoms with E-state index in [9.17, 15) is 0 Å². The minimum Gasteiger partial charge on any atom is -0.314 e. The quantitative estimate of drug-likeness (QED) is 0.772. The summed E-state index contributed by atoms with van der Waals surface area (Å²) in [6.45, 7) is 1.18. The van der Waals surface area contributed by atoms with Crippen LogP contribution >= 0.6 is 11.8 Å². The molecule has 0 saturated carbocycles. The van der Waals surface area contributed by atoms with Crippen molar-refractivity contribution in [1.29, 1.82) is 0 Å². The highest BCUT2D eigenvalue weighted by Crippen LogP contribution is 2.17. The molecule has 2 heterocycles. The number of tetrazole rings is 1. The normalized spacial score (nSPS) is 21.8. The Kier molecular flexibility index (Phi) is 3.96. The van der Waals surface area contributed by atoms with Crippen molar-refractivity contribution in [3.8, 4) is 0 Å². The summed E-state index contributed by atoms with van der Waals surface area (Å²) in [6, 6.07) is 0.701. The summed E-state index contributed by atoms with van der Waals surface area (Å²) < 4.78 is 1.72. The van der Waals surface area contributed by atoms with Crippen LogP contribution < -0.4 is 5.32 Å². The van der Waals surface area contributed by atoms with E-state index in [1.807, 2.05) is 7.05 Å². The minimum absolute atomic E-state index is 0.701. The first-order chi connectivity index (χ1) is 7.36. The van der Waals surface area contributed by atoms with Gasteiger partial charge in [-0.25, -0.2) is 4.68 Å². The molecule has 0 radical (unpaired) electrons. The second-order valence-corrected chi connectivity index (χ2v) is 4.93. The zero-order chi connectivity index (χ0) is 10.5. The van der Waals surface area contributed by atoms with Gasteiger partial charge in [0.1, 0.15) is 0 Å². The van der Waals surface area contributed by atoms with Gasteiger partial charge in [-0.1, -0.05) is 18.2 Å². The van der Waals surface area contributed by atoms with Crippen molar-refractivity contribution < 1.29 is 0 Å². The van der Waals surface area contributed by atoms with Gasteiger partial charge in [0.2, 0.25) is 5.16 Å². The van der Waals surface area contributed by atoms with Crippen molar-refractivity contribution in [2.24, 2.45) is 7.05 Å². The van der Waals surface area contributed by atoms with Crippen LogP contribution in [0, 0.1) is 0 Å². The average Bonchev–Trinajstić information content (AvgIpc) is 2.66. The topological polar surface area (TPSA) is 55.6 Å². The Balaban J connectivity index is 1.68. The lowest BCUT2D eigenvalue weighted by atomic mass is 10.0. The van der Waals surface area contributed by atoms with E-state index in [1.54, 1.807) is 16.4 Å². The molecule has 0 unspecified atom stereocenters. The fourth-order valence-corrected chi connectivity index (χ4v) is 2.71. The van der Waals surface area contributed by atoms with Gasteiger partial charge >= 0.3 is 0 Å². The highest BCUT2D eigenvalue weighted by atomic mass is 32.2. The van der Waals surface area contributed by atoms with Crippen LogP contribution in [0.1, 0.15) is 25.7 Å². The van der Waals surface area contributed by atoms with Gasteiger partial charge in [-0.3, -0.25) is 0 Å². The summed E-state index contributed by atoms with van der Waals surface area (Å²) in [5.74, 6) is 1.09. The molecule has 5 nitrogen and oxygen atoms in total. The summed E-state index contributed by atoms with van der Waals surface area (Å²) in [4.78, 5) is 0. The molecule has 1 aromatic rings. The number of hydrogen-bond donors (Lipinski definition) is 1. The van der Waals surface area contributed by atoms with Crippen LogP contribution in [-0.2, 0) is 7.05 Å². The Morgan fingerprint density at radius 2 is 2.47 bits per heavy atom. The molecule has 0 spiro atoms. The fourth-order valence-electron chi connectivity index (χ4n) is 1.81. The first-order valence-corrected chi connectivity index (χ1v) is 6.43. The molecule has 0 bridgehead atoms. The molecular formula is C9H17N5S. The van der Waals surface area contributed by atoms with Gasteiger partial charge in [0.15, 0.2) is 0 Å². The Morgan fingerprint density at radius 1 is 1.53 bits per heavy atom. The lowest BCUT2D eigenvalue weighted by Gasteiger charge is -2.22. The summed E-state index contributed by atoms with van der Waals surface area (Å²) in [7, 11) is 1.88.